The summed E-state index contributed by atoms with van der Waals surface area (Å²) in [5.74, 6) is -1.35. The molecule has 5 N–H and O–H groups in total. The molecule has 11 nitrogen and oxygen atoms in total. The standard InChI is InChI=1S/C32H41N5O6S/c1-18-19(2)21(4)29(22(5)20(18)3)44(42,43)37-27(31(39)40)17-28-35-26-14-13-23(16-25(26)30(38)36-28)10-9-15-33-32(41)34-24-11-7-6-8-12-24/h9-10,13-14,16,24,27,37H,6-8,11-12,15,17H2,1-5H3,(H,39,40)(H2,33,34,41)(H,35,36,38)/b10-9+/t27-/m0/s1. The van der Waals surface area contributed by atoms with Gasteiger partial charge >= 0.3 is 12.0 Å². The van der Waals surface area contributed by atoms with Crippen LogP contribution in [0, 0.1) is 34.6 Å². The minimum atomic E-state index is -4.22. The number of carboxylic acids is 1. The number of carboxylic acid groups (broad SMARTS) is 1. The number of amides is 2. The van der Waals surface area contributed by atoms with Crippen LogP contribution in [0.3, 0.4) is 0 Å². The first-order valence-corrected chi connectivity index (χ1v) is 16.3. The maximum atomic E-state index is 13.4. The molecule has 1 aliphatic carbocycles. The van der Waals surface area contributed by atoms with E-state index >= 15 is 0 Å². The molecule has 1 aromatic heterocycles. The van der Waals surface area contributed by atoms with Crippen LogP contribution in [0.2, 0.25) is 0 Å². The average Bonchev–Trinajstić information content (AvgIpc) is 2.97. The van der Waals surface area contributed by atoms with Crippen LogP contribution in [-0.4, -0.2) is 54.1 Å². The number of aromatic amines is 1. The third-order valence-corrected chi connectivity index (χ3v) is 10.3. The fourth-order valence-electron chi connectivity index (χ4n) is 5.72. The number of hydrogen-bond acceptors (Lipinski definition) is 6. The first-order chi connectivity index (χ1) is 20.8. The zero-order valence-electron chi connectivity index (χ0n) is 25.8. The highest BCUT2D eigenvalue weighted by molar-refractivity contribution is 7.89. The molecular formula is C32H41N5O6S. The van der Waals surface area contributed by atoms with E-state index in [1.807, 2.05) is 20.8 Å². The molecule has 2 aromatic carbocycles. The van der Waals surface area contributed by atoms with Crippen LogP contribution in [0.1, 0.15) is 71.3 Å². The van der Waals surface area contributed by atoms with Crippen molar-refractivity contribution in [2.45, 2.75) is 90.1 Å². The lowest BCUT2D eigenvalue weighted by Crippen LogP contribution is -2.43. The van der Waals surface area contributed by atoms with Crippen molar-refractivity contribution in [3.05, 3.63) is 73.8 Å². The molecular weight excluding hydrogens is 582 g/mol. The summed E-state index contributed by atoms with van der Waals surface area (Å²) in [5, 5.41) is 16.0. The maximum Gasteiger partial charge on any atom is 0.322 e. The van der Waals surface area contributed by atoms with Crippen molar-refractivity contribution in [2.75, 3.05) is 6.54 Å². The van der Waals surface area contributed by atoms with E-state index in [9.17, 15) is 27.9 Å². The van der Waals surface area contributed by atoms with Gasteiger partial charge in [-0.05, 0) is 93.0 Å². The Morgan fingerprint density at radius 2 is 1.66 bits per heavy atom. The molecule has 0 saturated heterocycles. The number of carbonyl (C=O) groups is 2. The van der Waals surface area contributed by atoms with E-state index < -0.39 is 27.6 Å². The fraction of sp³-hybridized carbons (Fsp3) is 0.438. The first kappa shape index (κ1) is 32.9. The van der Waals surface area contributed by atoms with E-state index in [1.165, 1.54) is 6.42 Å². The average molecular weight is 624 g/mol. The molecule has 1 fully saturated rings. The molecule has 3 aromatic rings. The van der Waals surface area contributed by atoms with Gasteiger partial charge in [0, 0.05) is 19.0 Å². The van der Waals surface area contributed by atoms with Crippen LogP contribution in [0.5, 0.6) is 0 Å². The summed E-state index contributed by atoms with van der Waals surface area (Å²) in [7, 11) is -4.22. The topological polar surface area (TPSA) is 170 Å². The van der Waals surface area contributed by atoms with Gasteiger partial charge in [0.05, 0.1) is 15.8 Å². The summed E-state index contributed by atoms with van der Waals surface area (Å²) in [6.45, 7) is 9.32. The van der Waals surface area contributed by atoms with Gasteiger partial charge in [0.1, 0.15) is 11.9 Å². The molecule has 0 radical (unpaired) electrons. The smallest absolute Gasteiger partial charge is 0.322 e. The predicted octanol–water partition coefficient (Wildman–Crippen LogP) is 4.08. The second-order valence-electron chi connectivity index (χ2n) is 11.6. The second-order valence-corrected chi connectivity index (χ2v) is 13.2. The number of aliphatic carboxylic acids is 1. The first-order valence-electron chi connectivity index (χ1n) is 14.8. The normalized spacial score (nSPS) is 15.0. The maximum absolute atomic E-state index is 13.4. The van der Waals surface area contributed by atoms with Crippen LogP contribution < -0.4 is 20.9 Å². The zero-order chi connectivity index (χ0) is 32.2. The number of benzene rings is 2. The highest BCUT2D eigenvalue weighted by Gasteiger charge is 2.30. The number of carbonyl (C=O) groups excluding carboxylic acids is 1. The third kappa shape index (κ3) is 7.54. The summed E-state index contributed by atoms with van der Waals surface area (Å²) in [4.78, 5) is 44.3. The van der Waals surface area contributed by atoms with Crippen LogP contribution in [0.4, 0.5) is 4.79 Å². The quantitative estimate of drug-likeness (QED) is 0.226. The monoisotopic (exact) mass is 623 g/mol. The number of urea groups is 1. The summed E-state index contributed by atoms with van der Waals surface area (Å²) >= 11 is 0. The van der Waals surface area contributed by atoms with Gasteiger partial charge in [0.2, 0.25) is 10.0 Å². The van der Waals surface area contributed by atoms with E-state index in [4.69, 9.17) is 0 Å². The number of fused-ring (bicyclic) bond motifs is 1. The molecule has 1 atom stereocenters. The molecule has 1 heterocycles. The van der Waals surface area contributed by atoms with Gasteiger partial charge in [-0.25, -0.2) is 18.2 Å². The molecule has 1 saturated carbocycles. The van der Waals surface area contributed by atoms with E-state index in [1.54, 1.807) is 44.2 Å². The number of nitrogens with one attached hydrogen (secondary N) is 4. The molecule has 2 amide bonds. The number of aromatic nitrogens is 2. The largest absolute Gasteiger partial charge is 0.480 e. The Kier molecular flexibility index (Phi) is 10.3. The molecule has 0 bridgehead atoms. The van der Waals surface area contributed by atoms with Crippen molar-refractivity contribution in [1.29, 1.82) is 0 Å². The lowest BCUT2D eigenvalue weighted by molar-refractivity contribution is -0.139. The Hall–Kier alpha value is -4.03. The minimum absolute atomic E-state index is 0.0405. The Balaban J connectivity index is 1.46. The minimum Gasteiger partial charge on any atom is -0.480 e. The molecule has 236 valence electrons. The molecule has 1 aliphatic rings. The van der Waals surface area contributed by atoms with Crippen LogP contribution in [-0.2, 0) is 21.2 Å². The van der Waals surface area contributed by atoms with Gasteiger partial charge in [0.25, 0.3) is 5.56 Å². The Bertz CT molecular complexity index is 1740. The van der Waals surface area contributed by atoms with E-state index in [0.29, 0.717) is 28.6 Å². The molecule has 0 spiro atoms. The molecule has 0 aliphatic heterocycles. The Morgan fingerprint density at radius 1 is 1.02 bits per heavy atom. The predicted molar refractivity (Wildman–Crippen MR) is 170 cm³/mol. The van der Waals surface area contributed by atoms with E-state index in [2.05, 4.69) is 25.3 Å². The van der Waals surface area contributed by atoms with Gasteiger partial charge in [0.15, 0.2) is 0 Å². The Morgan fingerprint density at radius 3 is 2.30 bits per heavy atom. The number of nitrogens with zero attached hydrogens (tertiary/aromatic N) is 1. The van der Waals surface area contributed by atoms with Gasteiger partial charge < -0.3 is 20.7 Å². The highest BCUT2D eigenvalue weighted by Crippen LogP contribution is 2.29. The summed E-state index contributed by atoms with van der Waals surface area (Å²) in [6.07, 6.45) is 8.68. The second kappa shape index (κ2) is 13.7. The number of hydrogen-bond donors (Lipinski definition) is 5. The SMILES string of the molecule is Cc1c(C)c(C)c(S(=O)(=O)N[C@@H](Cc2nc3ccc(/C=C/CNC(=O)NC4CCCCC4)cc3c(=O)[nH]2)C(=O)O)c(C)c1C. The van der Waals surface area contributed by atoms with Crippen LogP contribution >= 0.6 is 0 Å². The van der Waals surface area contributed by atoms with Gasteiger partial charge in [-0.15, -0.1) is 0 Å². The highest BCUT2D eigenvalue weighted by atomic mass is 32.2. The lowest BCUT2D eigenvalue weighted by atomic mass is 9.95. The number of sulfonamides is 1. The zero-order valence-corrected chi connectivity index (χ0v) is 26.7. The summed E-state index contributed by atoms with van der Waals surface area (Å²) in [6, 6.07) is 3.49. The summed E-state index contributed by atoms with van der Waals surface area (Å²) < 4.78 is 29.2. The summed E-state index contributed by atoms with van der Waals surface area (Å²) in [5.41, 5.74) is 4.34. The molecule has 44 heavy (non-hydrogen) atoms. The third-order valence-electron chi connectivity index (χ3n) is 8.60. The van der Waals surface area contributed by atoms with E-state index in [-0.39, 0.29) is 29.2 Å². The van der Waals surface area contributed by atoms with Crippen molar-refractivity contribution >= 4 is 39.0 Å². The van der Waals surface area contributed by atoms with Gasteiger partial charge in [-0.1, -0.05) is 37.5 Å². The molecule has 12 heteroatoms. The lowest BCUT2D eigenvalue weighted by Gasteiger charge is -2.22. The number of rotatable bonds is 10. The Labute approximate surface area is 257 Å². The van der Waals surface area contributed by atoms with Gasteiger partial charge in [-0.2, -0.15) is 4.72 Å². The van der Waals surface area contributed by atoms with Crippen molar-refractivity contribution in [3.63, 3.8) is 0 Å². The fourth-order valence-corrected chi connectivity index (χ4v) is 7.51. The van der Waals surface area contributed by atoms with Crippen LogP contribution in [0.15, 0.2) is 34.0 Å². The van der Waals surface area contributed by atoms with Gasteiger partial charge in [-0.3, -0.25) is 9.59 Å². The van der Waals surface area contributed by atoms with Crippen molar-refractivity contribution in [2.24, 2.45) is 0 Å². The number of H-pyrrole nitrogens is 1. The molecule has 4 rings (SSSR count). The van der Waals surface area contributed by atoms with Crippen molar-refractivity contribution in [3.8, 4) is 0 Å². The van der Waals surface area contributed by atoms with Crippen molar-refractivity contribution < 1.29 is 23.1 Å². The van der Waals surface area contributed by atoms with E-state index in [0.717, 1.165) is 47.9 Å². The van der Waals surface area contributed by atoms with Crippen LogP contribution in [0.25, 0.3) is 17.0 Å². The molecule has 0 unspecified atom stereocenters. The van der Waals surface area contributed by atoms with Crippen molar-refractivity contribution in [1.82, 2.24) is 25.3 Å².